The molecule has 0 unspecified atom stereocenters. The van der Waals surface area contributed by atoms with Gasteiger partial charge in [0.1, 0.15) is 11.4 Å². The number of hydrogen-bond acceptors (Lipinski definition) is 6. The standard InChI is InChI=1S/C23H26N6O3/c1-17-22(29(31)32)18(2)28(25-17)15-19-6-8-20(9-7-19)23(30)27-13-11-26(12-14-27)16-21-5-3-4-10-24-21/h3-10H,11-16H2,1-2H3. The molecule has 4 rings (SSSR count). The lowest BCUT2D eigenvalue weighted by molar-refractivity contribution is -0.386. The summed E-state index contributed by atoms with van der Waals surface area (Å²) in [5, 5.41) is 15.5. The smallest absolute Gasteiger partial charge is 0.312 e. The summed E-state index contributed by atoms with van der Waals surface area (Å²) in [6.45, 7) is 7.55. The lowest BCUT2D eigenvalue weighted by Crippen LogP contribution is -2.48. The zero-order valence-corrected chi connectivity index (χ0v) is 18.3. The molecule has 0 saturated carbocycles. The molecule has 166 valence electrons. The molecular formula is C23H26N6O3. The molecule has 32 heavy (non-hydrogen) atoms. The Balaban J connectivity index is 1.35. The molecule has 0 aliphatic carbocycles. The predicted molar refractivity (Wildman–Crippen MR) is 119 cm³/mol. The molecule has 3 aromatic rings. The molecule has 1 fully saturated rings. The van der Waals surface area contributed by atoms with Crippen LogP contribution in [0.15, 0.2) is 48.7 Å². The van der Waals surface area contributed by atoms with Crippen molar-refractivity contribution in [2.24, 2.45) is 0 Å². The van der Waals surface area contributed by atoms with E-state index in [9.17, 15) is 14.9 Å². The molecule has 0 radical (unpaired) electrons. The zero-order valence-electron chi connectivity index (χ0n) is 18.3. The summed E-state index contributed by atoms with van der Waals surface area (Å²) in [6.07, 6.45) is 1.80. The van der Waals surface area contributed by atoms with E-state index in [1.54, 1.807) is 24.7 Å². The Hall–Kier alpha value is -3.59. The number of piperazine rings is 1. The van der Waals surface area contributed by atoms with Gasteiger partial charge in [-0.05, 0) is 43.7 Å². The second kappa shape index (κ2) is 9.27. The summed E-state index contributed by atoms with van der Waals surface area (Å²) in [6, 6.07) is 13.3. The van der Waals surface area contributed by atoms with Gasteiger partial charge in [-0.25, -0.2) is 0 Å². The van der Waals surface area contributed by atoms with Crippen LogP contribution >= 0.6 is 0 Å². The van der Waals surface area contributed by atoms with E-state index in [2.05, 4.69) is 15.0 Å². The number of nitrogens with zero attached hydrogens (tertiary/aromatic N) is 6. The summed E-state index contributed by atoms with van der Waals surface area (Å²) in [5.41, 5.74) is 3.60. The summed E-state index contributed by atoms with van der Waals surface area (Å²) >= 11 is 0. The molecule has 2 aromatic heterocycles. The van der Waals surface area contributed by atoms with Crippen molar-refractivity contribution in [3.8, 4) is 0 Å². The molecule has 0 atom stereocenters. The summed E-state index contributed by atoms with van der Waals surface area (Å²) in [4.78, 5) is 32.3. The van der Waals surface area contributed by atoms with E-state index < -0.39 is 4.92 Å². The fraction of sp³-hybridized carbons (Fsp3) is 0.348. The lowest BCUT2D eigenvalue weighted by Gasteiger charge is -2.34. The molecule has 3 heterocycles. The van der Waals surface area contributed by atoms with Gasteiger partial charge in [0.15, 0.2) is 0 Å². The predicted octanol–water partition coefficient (Wildman–Crippen LogP) is 2.81. The van der Waals surface area contributed by atoms with Gasteiger partial charge in [0.2, 0.25) is 0 Å². The number of aryl methyl sites for hydroxylation is 1. The average Bonchev–Trinajstić information content (AvgIpc) is 3.08. The molecular weight excluding hydrogens is 408 g/mol. The van der Waals surface area contributed by atoms with Gasteiger partial charge < -0.3 is 4.90 Å². The molecule has 9 nitrogen and oxygen atoms in total. The van der Waals surface area contributed by atoms with Crippen molar-refractivity contribution in [2.75, 3.05) is 26.2 Å². The maximum atomic E-state index is 12.9. The van der Waals surface area contributed by atoms with Crippen LogP contribution in [-0.4, -0.2) is 61.6 Å². The van der Waals surface area contributed by atoms with Gasteiger partial charge in [0, 0.05) is 44.5 Å². The van der Waals surface area contributed by atoms with E-state index in [0.717, 1.165) is 30.9 Å². The Morgan fingerprint density at radius 1 is 1.03 bits per heavy atom. The fourth-order valence-electron chi connectivity index (χ4n) is 4.04. The van der Waals surface area contributed by atoms with Crippen LogP contribution in [0.3, 0.4) is 0 Å². The van der Waals surface area contributed by atoms with Crippen LogP contribution in [0.25, 0.3) is 0 Å². The summed E-state index contributed by atoms with van der Waals surface area (Å²) < 4.78 is 1.63. The van der Waals surface area contributed by atoms with E-state index in [1.165, 1.54) is 0 Å². The Kier molecular flexibility index (Phi) is 6.27. The third-order valence-electron chi connectivity index (χ3n) is 5.83. The number of benzene rings is 1. The maximum absolute atomic E-state index is 12.9. The van der Waals surface area contributed by atoms with Crippen LogP contribution in [0, 0.1) is 24.0 Å². The quantitative estimate of drug-likeness (QED) is 0.437. The lowest BCUT2D eigenvalue weighted by atomic mass is 10.1. The molecule has 1 saturated heterocycles. The SMILES string of the molecule is Cc1nn(Cc2ccc(C(=O)N3CCN(Cc4ccccn4)CC3)cc2)c(C)c1[N+](=O)[O-]. The largest absolute Gasteiger partial charge is 0.336 e. The minimum Gasteiger partial charge on any atom is -0.336 e. The van der Waals surface area contributed by atoms with Crippen LogP contribution in [-0.2, 0) is 13.1 Å². The van der Waals surface area contributed by atoms with Gasteiger partial charge in [0.05, 0.1) is 17.2 Å². The highest BCUT2D eigenvalue weighted by Gasteiger charge is 2.23. The first kappa shape index (κ1) is 21.6. The van der Waals surface area contributed by atoms with E-state index in [0.29, 0.717) is 36.6 Å². The number of hydrogen-bond donors (Lipinski definition) is 0. The second-order valence-corrected chi connectivity index (χ2v) is 8.02. The van der Waals surface area contributed by atoms with Crippen molar-refractivity contribution in [3.63, 3.8) is 0 Å². The van der Waals surface area contributed by atoms with E-state index >= 15 is 0 Å². The van der Waals surface area contributed by atoms with Gasteiger partial charge in [-0.15, -0.1) is 0 Å². The first-order valence-corrected chi connectivity index (χ1v) is 10.6. The highest BCUT2D eigenvalue weighted by molar-refractivity contribution is 5.94. The highest BCUT2D eigenvalue weighted by Crippen LogP contribution is 2.22. The van der Waals surface area contributed by atoms with Crippen molar-refractivity contribution in [1.82, 2.24) is 24.6 Å². The molecule has 1 aliphatic heterocycles. The van der Waals surface area contributed by atoms with Crippen LogP contribution in [0.4, 0.5) is 5.69 Å². The van der Waals surface area contributed by atoms with Gasteiger partial charge in [-0.3, -0.25) is 29.5 Å². The number of aromatic nitrogens is 3. The van der Waals surface area contributed by atoms with Crippen molar-refractivity contribution in [1.29, 1.82) is 0 Å². The molecule has 1 aromatic carbocycles. The minimum atomic E-state index is -0.397. The number of carbonyl (C=O) groups excluding carboxylic acids is 1. The second-order valence-electron chi connectivity index (χ2n) is 8.02. The Labute approximate surface area is 186 Å². The molecule has 1 amide bonds. The first-order valence-electron chi connectivity index (χ1n) is 10.6. The zero-order chi connectivity index (χ0) is 22.7. The fourth-order valence-corrected chi connectivity index (χ4v) is 4.04. The maximum Gasteiger partial charge on any atom is 0.312 e. The van der Waals surface area contributed by atoms with Gasteiger partial charge in [0.25, 0.3) is 5.91 Å². The van der Waals surface area contributed by atoms with Crippen molar-refractivity contribution in [2.45, 2.75) is 26.9 Å². The third kappa shape index (κ3) is 4.67. The first-order chi connectivity index (χ1) is 15.4. The average molecular weight is 435 g/mol. The van der Waals surface area contributed by atoms with Gasteiger partial charge >= 0.3 is 5.69 Å². The van der Waals surface area contributed by atoms with Crippen molar-refractivity contribution in [3.05, 3.63) is 87.0 Å². The van der Waals surface area contributed by atoms with E-state index in [1.807, 2.05) is 47.4 Å². The molecule has 0 N–H and O–H groups in total. The molecule has 0 spiro atoms. The number of nitro groups is 1. The third-order valence-corrected chi connectivity index (χ3v) is 5.83. The van der Waals surface area contributed by atoms with Crippen molar-refractivity contribution < 1.29 is 9.72 Å². The van der Waals surface area contributed by atoms with E-state index in [4.69, 9.17) is 0 Å². The number of rotatable bonds is 6. The highest BCUT2D eigenvalue weighted by atomic mass is 16.6. The Morgan fingerprint density at radius 3 is 2.34 bits per heavy atom. The summed E-state index contributed by atoms with van der Waals surface area (Å²) in [7, 11) is 0. The van der Waals surface area contributed by atoms with Gasteiger partial charge in [-0.1, -0.05) is 18.2 Å². The molecule has 1 aliphatic rings. The molecule has 0 bridgehead atoms. The van der Waals surface area contributed by atoms with E-state index in [-0.39, 0.29) is 11.6 Å². The topological polar surface area (TPSA) is 97.4 Å². The summed E-state index contributed by atoms with van der Waals surface area (Å²) in [5.74, 6) is 0.0239. The number of pyridine rings is 1. The number of amides is 1. The van der Waals surface area contributed by atoms with Crippen LogP contribution in [0.5, 0.6) is 0 Å². The van der Waals surface area contributed by atoms with Gasteiger partial charge in [-0.2, -0.15) is 5.10 Å². The number of carbonyl (C=O) groups is 1. The Morgan fingerprint density at radius 2 is 1.75 bits per heavy atom. The van der Waals surface area contributed by atoms with Crippen LogP contribution < -0.4 is 0 Å². The molecule has 9 heteroatoms. The Bertz CT molecular complexity index is 1100. The minimum absolute atomic E-state index is 0.0239. The van der Waals surface area contributed by atoms with Crippen LogP contribution in [0.2, 0.25) is 0 Å². The monoisotopic (exact) mass is 434 g/mol. The van der Waals surface area contributed by atoms with Crippen molar-refractivity contribution >= 4 is 11.6 Å². The van der Waals surface area contributed by atoms with Crippen LogP contribution in [0.1, 0.15) is 33.0 Å². The normalized spacial score (nSPS) is 14.5.